The van der Waals surface area contributed by atoms with Gasteiger partial charge >= 0.3 is 0 Å². The summed E-state index contributed by atoms with van der Waals surface area (Å²) in [7, 11) is 0. The minimum absolute atomic E-state index is 0.0402. The van der Waals surface area contributed by atoms with E-state index in [1.54, 1.807) is 40.1 Å². The fourth-order valence-electron chi connectivity index (χ4n) is 5.35. The van der Waals surface area contributed by atoms with Crippen LogP contribution in [0.15, 0.2) is 48.7 Å². The van der Waals surface area contributed by atoms with E-state index in [2.05, 4.69) is 10.3 Å². The Morgan fingerprint density at radius 3 is 2.82 bits per heavy atom. The summed E-state index contributed by atoms with van der Waals surface area (Å²) in [6, 6.07) is 11.5. The van der Waals surface area contributed by atoms with Crippen molar-refractivity contribution in [2.45, 2.75) is 43.8 Å². The van der Waals surface area contributed by atoms with E-state index in [1.807, 2.05) is 6.20 Å². The van der Waals surface area contributed by atoms with E-state index in [4.69, 9.17) is 0 Å². The summed E-state index contributed by atoms with van der Waals surface area (Å²) in [4.78, 5) is 46.5. The third-order valence-corrected chi connectivity index (χ3v) is 6.98. The largest absolute Gasteiger partial charge is 0.361 e. The van der Waals surface area contributed by atoms with Crippen LogP contribution >= 0.6 is 0 Å². The maximum absolute atomic E-state index is 13.7. The Hall–Kier alpha value is -3.68. The second kappa shape index (κ2) is 7.16. The topological polar surface area (TPSA) is 85.5 Å². The molecule has 6 rings (SSSR count). The molecule has 1 aliphatic carbocycles. The van der Waals surface area contributed by atoms with Crippen LogP contribution in [0, 0.1) is 5.82 Å². The van der Waals surface area contributed by atoms with Gasteiger partial charge in [0.2, 0.25) is 11.6 Å². The molecule has 1 atom stereocenters. The van der Waals surface area contributed by atoms with E-state index in [0.717, 1.165) is 29.3 Å². The van der Waals surface area contributed by atoms with Gasteiger partial charge in [-0.05, 0) is 55.2 Å². The maximum atomic E-state index is 13.7. The molecule has 0 radical (unpaired) electrons. The first kappa shape index (κ1) is 20.0. The molecule has 3 amide bonds. The van der Waals surface area contributed by atoms with E-state index in [9.17, 15) is 18.8 Å². The highest BCUT2D eigenvalue weighted by Gasteiger charge is 2.63. The Kier molecular flexibility index (Phi) is 4.33. The highest BCUT2D eigenvalue weighted by molar-refractivity contribution is 6.16. The van der Waals surface area contributed by atoms with Gasteiger partial charge in [-0.25, -0.2) is 4.39 Å². The van der Waals surface area contributed by atoms with Gasteiger partial charge in [-0.2, -0.15) is 0 Å². The molecule has 2 N–H and O–H groups in total. The van der Waals surface area contributed by atoms with Gasteiger partial charge < -0.3 is 15.2 Å². The summed E-state index contributed by atoms with van der Waals surface area (Å²) in [5.41, 5.74) is 1.35. The number of aromatic amines is 1. The molecule has 0 spiro atoms. The minimum Gasteiger partial charge on any atom is -0.361 e. The fraction of sp³-hybridized carbons (Fsp3) is 0.320. The SMILES string of the molecule is O=C1CCC2(C(=O)NCCc3c[nH]c4ccc(F)cc34)N1c1ccccc1C(=O)N2C1CC1. The number of hydrogen-bond acceptors (Lipinski definition) is 3. The van der Waals surface area contributed by atoms with Crippen molar-refractivity contribution in [1.29, 1.82) is 0 Å². The van der Waals surface area contributed by atoms with Crippen molar-refractivity contribution >= 4 is 34.3 Å². The lowest BCUT2D eigenvalue weighted by molar-refractivity contribution is -0.134. The quantitative estimate of drug-likeness (QED) is 0.632. The van der Waals surface area contributed by atoms with Crippen LogP contribution in [-0.4, -0.2) is 45.9 Å². The van der Waals surface area contributed by atoms with Gasteiger partial charge in [0.25, 0.3) is 11.8 Å². The molecule has 2 aromatic carbocycles. The predicted molar refractivity (Wildman–Crippen MR) is 120 cm³/mol. The number of benzene rings is 2. The molecular weight excluding hydrogens is 423 g/mol. The first-order chi connectivity index (χ1) is 16.0. The number of rotatable bonds is 5. The Labute approximate surface area is 189 Å². The van der Waals surface area contributed by atoms with Crippen LogP contribution in [0.2, 0.25) is 0 Å². The maximum Gasteiger partial charge on any atom is 0.267 e. The number of halogens is 1. The second-order valence-electron chi connectivity index (χ2n) is 8.98. The van der Waals surface area contributed by atoms with Crippen LogP contribution in [0.25, 0.3) is 10.9 Å². The van der Waals surface area contributed by atoms with Crippen LogP contribution in [0.5, 0.6) is 0 Å². The molecule has 1 unspecified atom stereocenters. The monoisotopic (exact) mass is 446 g/mol. The molecule has 3 aromatic rings. The standard InChI is InChI=1S/C25H23FN4O3/c26-16-5-8-20-19(13-16)15(14-28-20)10-12-27-24(33)25-11-9-22(31)30(25)21-4-2-1-3-18(21)23(32)29(25)17-6-7-17/h1-5,8,13-14,17,28H,6-7,9-12H2,(H,27,33). The summed E-state index contributed by atoms with van der Waals surface area (Å²) in [6.07, 6.45) is 4.44. The van der Waals surface area contributed by atoms with E-state index < -0.39 is 5.66 Å². The summed E-state index contributed by atoms with van der Waals surface area (Å²) >= 11 is 0. The molecule has 2 fully saturated rings. The molecule has 7 nitrogen and oxygen atoms in total. The van der Waals surface area contributed by atoms with Crippen molar-refractivity contribution in [3.8, 4) is 0 Å². The van der Waals surface area contributed by atoms with E-state index in [0.29, 0.717) is 24.2 Å². The van der Waals surface area contributed by atoms with Gasteiger partial charge in [0.05, 0.1) is 11.3 Å². The molecule has 33 heavy (non-hydrogen) atoms. The van der Waals surface area contributed by atoms with E-state index in [-0.39, 0.29) is 42.4 Å². The van der Waals surface area contributed by atoms with Crippen LogP contribution in [0.4, 0.5) is 10.1 Å². The number of nitrogens with zero attached hydrogens (tertiary/aromatic N) is 2. The number of H-pyrrole nitrogens is 1. The van der Waals surface area contributed by atoms with Gasteiger partial charge in [0, 0.05) is 42.5 Å². The zero-order valence-corrected chi connectivity index (χ0v) is 17.9. The average Bonchev–Trinajstić information content (AvgIpc) is 3.48. The summed E-state index contributed by atoms with van der Waals surface area (Å²) in [6.45, 7) is 0.306. The summed E-state index contributed by atoms with van der Waals surface area (Å²) in [5.74, 6) is -0.996. The molecule has 3 heterocycles. The lowest BCUT2D eigenvalue weighted by Crippen LogP contribution is -2.71. The van der Waals surface area contributed by atoms with Crippen molar-refractivity contribution < 1.29 is 18.8 Å². The van der Waals surface area contributed by atoms with Crippen molar-refractivity contribution in [3.63, 3.8) is 0 Å². The molecule has 3 aliphatic rings. The number of nitrogens with one attached hydrogen (secondary N) is 2. The average molecular weight is 446 g/mol. The predicted octanol–water partition coefficient (Wildman–Crippen LogP) is 3.11. The molecule has 8 heteroatoms. The Morgan fingerprint density at radius 2 is 2.00 bits per heavy atom. The van der Waals surface area contributed by atoms with Gasteiger partial charge in [0.15, 0.2) is 0 Å². The van der Waals surface area contributed by atoms with Crippen LogP contribution in [-0.2, 0) is 16.0 Å². The molecule has 1 saturated carbocycles. The molecule has 0 bridgehead atoms. The molecular formula is C25H23FN4O3. The number of anilines is 1. The smallest absolute Gasteiger partial charge is 0.267 e. The lowest BCUT2D eigenvalue weighted by Gasteiger charge is -2.49. The minimum atomic E-state index is -1.34. The Balaban J connectivity index is 1.31. The highest BCUT2D eigenvalue weighted by atomic mass is 19.1. The number of fused-ring (bicyclic) bond motifs is 4. The van der Waals surface area contributed by atoms with Crippen molar-refractivity contribution in [1.82, 2.24) is 15.2 Å². The molecule has 1 saturated heterocycles. The number of hydrogen-bond donors (Lipinski definition) is 2. The number of carbonyl (C=O) groups excluding carboxylic acids is 3. The second-order valence-corrected chi connectivity index (χ2v) is 8.98. The fourth-order valence-corrected chi connectivity index (χ4v) is 5.35. The summed E-state index contributed by atoms with van der Waals surface area (Å²) in [5, 5.41) is 3.76. The number of para-hydroxylation sites is 1. The highest BCUT2D eigenvalue weighted by Crippen LogP contribution is 2.48. The normalized spacial score (nSPS) is 22.0. The van der Waals surface area contributed by atoms with Gasteiger partial charge in [0.1, 0.15) is 5.82 Å². The zero-order valence-electron chi connectivity index (χ0n) is 17.9. The lowest BCUT2D eigenvalue weighted by atomic mass is 9.95. The molecule has 168 valence electrons. The van der Waals surface area contributed by atoms with Gasteiger partial charge in [-0.15, -0.1) is 0 Å². The van der Waals surface area contributed by atoms with Crippen molar-refractivity contribution in [3.05, 3.63) is 65.6 Å². The van der Waals surface area contributed by atoms with E-state index >= 15 is 0 Å². The van der Waals surface area contributed by atoms with Crippen LogP contribution in [0.1, 0.15) is 41.6 Å². The Bertz CT molecular complexity index is 1310. The van der Waals surface area contributed by atoms with E-state index in [1.165, 1.54) is 12.1 Å². The van der Waals surface area contributed by atoms with Crippen LogP contribution < -0.4 is 10.2 Å². The zero-order chi connectivity index (χ0) is 22.7. The number of amides is 3. The third kappa shape index (κ3) is 2.90. The van der Waals surface area contributed by atoms with Gasteiger partial charge in [-0.1, -0.05) is 12.1 Å². The molecule has 1 aromatic heterocycles. The first-order valence-electron chi connectivity index (χ1n) is 11.3. The first-order valence-corrected chi connectivity index (χ1v) is 11.3. The summed E-state index contributed by atoms with van der Waals surface area (Å²) < 4.78 is 13.7. The van der Waals surface area contributed by atoms with Gasteiger partial charge in [-0.3, -0.25) is 19.3 Å². The van der Waals surface area contributed by atoms with Crippen molar-refractivity contribution in [2.75, 3.05) is 11.4 Å². The van der Waals surface area contributed by atoms with Crippen LogP contribution in [0.3, 0.4) is 0 Å². The third-order valence-electron chi connectivity index (χ3n) is 6.98. The number of carbonyl (C=O) groups is 3. The Morgan fingerprint density at radius 1 is 1.18 bits per heavy atom. The number of aromatic nitrogens is 1. The van der Waals surface area contributed by atoms with Crippen molar-refractivity contribution in [2.24, 2.45) is 0 Å². The molecule has 2 aliphatic heterocycles.